The molecule has 0 aliphatic carbocycles. The van der Waals surface area contributed by atoms with E-state index in [1.54, 1.807) is 4.57 Å². The van der Waals surface area contributed by atoms with Gasteiger partial charge in [0.25, 0.3) is 5.56 Å². The van der Waals surface area contributed by atoms with Gasteiger partial charge in [0.1, 0.15) is 16.3 Å². The van der Waals surface area contributed by atoms with Crippen molar-refractivity contribution < 1.29 is 0 Å². The lowest BCUT2D eigenvalue weighted by Gasteiger charge is -2.02. The van der Waals surface area contributed by atoms with Gasteiger partial charge in [-0.05, 0) is 35.9 Å². The molecule has 0 atom stereocenters. The quantitative estimate of drug-likeness (QED) is 0.487. The van der Waals surface area contributed by atoms with E-state index < -0.39 is 0 Å². The summed E-state index contributed by atoms with van der Waals surface area (Å²) in [6, 6.07) is 28.9. The monoisotopic (exact) mass is 420 g/mol. The number of H-pyrrole nitrogens is 1. The van der Waals surface area contributed by atoms with Crippen molar-refractivity contribution in [1.82, 2.24) is 14.5 Å². The summed E-state index contributed by atoms with van der Waals surface area (Å²) in [4.78, 5) is 21.2. The van der Waals surface area contributed by atoms with Crippen molar-refractivity contribution in [3.8, 4) is 11.8 Å². The Labute approximate surface area is 181 Å². The standard InChI is InChI=1S/C25H16N4OS/c26-16-19(23-27-20-13-7-8-14-21(20)28-23)25-29(18-11-5-2-6-12-18)24(30)22(31-25)15-17-9-3-1-4-10-17/h1-15H,(H,27,28)/b22-15-,25-19-. The van der Waals surface area contributed by atoms with Crippen molar-refractivity contribution in [2.75, 3.05) is 0 Å². The Bertz CT molecular complexity index is 1570. The molecule has 2 heterocycles. The molecule has 148 valence electrons. The smallest absolute Gasteiger partial charge is 0.273 e. The summed E-state index contributed by atoms with van der Waals surface area (Å²) in [7, 11) is 0. The molecule has 0 radical (unpaired) electrons. The Morgan fingerprint density at radius 3 is 2.35 bits per heavy atom. The van der Waals surface area contributed by atoms with E-state index in [0.29, 0.717) is 26.3 Å². The molecular formula is C25H16N4OS. The van der Waals surface area contributed by atoms with E-state index in [1.165, 1.54) is 11.3 Å². The molecule has 0 fully saturated rings. The molecular weight excluding hydrogens is 404 g/mol. The number of aromatic nitrogens is 3. The minimum atomic E-state index is -0.168. The fraction of sp³-hybridized carbons (Fsp3) is 0. The zero-order valence-electron chi connectivity index (χ0n) is 16.3. The maximum atomic E-state index is 13.4. The number of rotatable bonds is 3. The van der Waals surface area contributed by atoms with Crippen LogP contribution in [0.25, 0.3) is 28.4 Å². The number of nitrogens with zero attached hydrogens (tertiary/aromatic N) is 3. The van der Waals surface area contributed by atoms with Gasteiger partial charge in [-0.1, -0.05) is 60.7 Å². The van der Waals surface area contributed by atoms with E-state index in [1.807, 2.05) is 91.0 Å². The molecule has 0 unspecified atom stereocenters. The fourth-order valence-electron chi connectivity index (χ4n) is 3.44. The Kier molecular flexibility index (Phi) is 4.79. The van der Waals surface area contributed by atoms with Crippen molar-refractivity contribution in [3.05, 3.63) is 116 Å². The third kappa shape index (κ3) is 3.48. The van der Waals surface area contributed by atoms with E-state index in [0.717, 1.165) is 16.6 Å². The normalized spacial score (nSPS) is 12.7. The molecule has 0 spiro atoms. The molecule has 0 amide bonds. The van der Waals surface area contributed by atoms with Crippen LogP contribution in [0.15, 0.2) is 89.7 Å². The Hall–Kier alpha value is -4.21. The summed E-state index contributed by atoms with van der Waals surface area (Å²) >= 11 is 1.29. The van der Waals surface area contributed by atoms with Crippen LogP contribution in [0.1, 0.15) is 11.4 Å². The summed E-state index contributed by atoms with van der Waals surface area (Å²) < 4.78 is 2.68. The van der Waals surface area contributed by atoms with Gasteiger partial charge in [-0.25, -0.2) is 4.98 Å². The van der Waals surface area contributed by atoms with E-state index >= 15 is 0 Å². The topological polar surface area (TPSA) is 74.5 Å². The van der Waals surface area contributed by atoms with Gasteiger partial charge in [-0.2, -0.15) is 5.26 Å². The maximum Gasteiger partial charge on any atom is 0.273 e. The first-order chi connectivity index (χ1) is 15.2. The maximum absolute atomic E-state index is 13.4. The highest BCUT2D eigenvalue weighted by atomic mass is 32.1. The van der Waals surface area contributed by atoms with Crippen LogP contribution in [0, 0.1) is 11.3 Å². The van der Waals surface area contributed by atoms with Crippen LogP contribution < -0.4 is 14.8 Å². The molecule has 3 aromatic carbocycles. The highest BCUT2D eigenvalue weighted by Crippen LogP contribution is 2.15. The summed E-state index contributed by atoms with van der Waals surface area (Å²) in [6.45, 7) is 0. The van der Waals surface area contributed by atoms with Gasteiger partial charge in [0.05, 0.1) is 21.3 Å². The number of imidazole rings is 1. The molecule has 1 N–H and O–H groups in total. The molecule has 0 aliphatic heterocycles. The highest BCUT2D eigenvalue weighted by Gasteiger charge is 2.15. The highest BCUT2D eigenvalue weighted by molar-refractivity contribution is 7.07. The van der Waals surface area contributed by atoms with Crippen LogP contribution in [-0.4, -0.2) is 14.5 Å². The number of thiazole rings is 1. The molecule has 0 aliphatic rings. The SMILES string of the molecule is N#C/C(c1nc2ccccc2[nH]1)=c1/s/c(=C\c2ccccc2)c(=O)n1-c1ccccc1. The lowest BCUT2D eigenvalue weighted by Crippen LogP contribution is -2.30. The zero-order valence-corrected chi connectivity index (χ0v) is 17.1. The molecule has 2 aromatic heterocycles. The Morgan fingerprint density at radius 1 is 0.968 bits per heavy atom. The predicted octanol–water partition coefficient (Wildman–Crippen LogP) is 3.33. The van der Waals surface area contributed by atoms with Gasteiger partial charge in [0.2, 0.25) is 0 Å². The van der Waals surface area contributed by atoms with Gasteiger partial charge in [-0.3, -0.25) is 9.36 Å². The number of aromatic amines is 1. The number of benzene rings is 3. The van der Waals surface area contributed by atoms with Crippen LogP contribution in [0.2, 0.25) is 0 Å². The van der Waals surface area contributed by atoms with Crippen molar-refractivity contribution in [2.45, 2.75) is 0 Å². The van der Waals surface area contributed by atoms with Crippen LogP contribution in [0.5, 0.6) is 0 Å². The number of nitriles is 1. The van der Waals surface area contributed by atoms with Gasteiger partial charge in [-0.15, -0.1) is 11.3 Å². The second-order valence-electron chi connectivity index (χ2n) is 6.89. The number of fused-ring (bicyclic) bond motifs is 1. The minimum absolute atomic E-state index is 0.168. The first-order valence-corrected chi connectivity index (χ1v) is 10.5. The third-order valence-corrected chi connectivity index (χ3v) is 5.98. The largest absolute Gasteiger partial charge is 0.337 e. The van der Waals surface area contributed by atoms with Crippen LogP contribution >= 0.6 is 11.3 Å². The van der Waals surface area contributed by atoms with E-state index in [4.69, 9.17) is 0 Å². The zero-order chi connectivity index (χ0) is 21.2. The summed E-state index contributed by atoms with van der Waals surface area (Å²) in [6.07, 6.45) is 1.85. The number of para-hydroxylation sites is 3. The average molecular weight is 420 g/mol. The van der Waals surface area contributed by atoms with Crippen molar-refractivity contribution in [2.24, 2.45) is 0 Å². The van der Waals surface area contributed by atoms with Crippen molar-refractivity contribution in [1.29, 1.82) is 5.26 Å². The number of hydrogen-bond acceptors (Lipinski definition) is 4. The molecule has 0 saturated carbocycles. The molecule has 5 aromatic rings. The summed E-state index contributed by atoms with van der Waals surface area (Å²) in [5, 5.41) is 10.1. The predicted molar refractivity (Wildman–Crippen MR) is 123 cm³/mol. The van der Waals surface area contributed by atoms with Gasteiger partial charge in [0.15, 0.2) is 5.82 Å². The summed E-state index contributed by atoms with van der Waals surface area (Å²) in [5.74, 6) is 0.445. The van der Waals surface area contributed by atoms with Gasteiger partial charge in [0, 0.05) is 0 Å². The van der Waals surface area contributed by atoms with Crippen molar-refractivity contribution >= 4 is 34.0 Å². The Balaban J connectivity index is 1.87. The van der Waals surface area contributed by atoms with E-state index in [9.17, 15) is 10.1 Å². The second kappa shape index (κ2) is 7.90. The summed E-state index contributed by atoms with van der Waals surface area (Å²) in [5.41, 5.74) is 3.40. The first-order valence-electron chi connectivity index (χ1n) is 9.68. The van der Waals surface area contributed by atoms with Crippen molar-refractivity contribution in [3.63, 3.8) is 0 Å². The molecule has 0 saturated heterocycles. The van der Waals surface area contributed by atoms with E-state index in [2.05, 4.69) is 16.0 Å². The molecule has 0 bridgehead atoms. The van der Waals surface area contributed by atoms with Gasteiger partial charge >= 0.3 is 0 Å². The van der Waals surface area contributed by atoms with Crippen LogP contribution in [-0.2, 0) is 0 Å². The lowest BCUT2D eigenvalue weighted by atomic mass is 10.2. The second-order valence-corrected chi connectivity index (χ2v) is 7.92. The fourth-order valence-corrected chi connectivity index (χ4v) is 4.54. The molecule has 5 nitrogen and oxygen atoms in total. The lowest BCUT2D eigenvalue weighted by molar-refractivity contribution is 0.984. The third-order valence-electron chi connectivity index (χ3n) is 4.89. The molecule has 31 heavy (non-hydrogen) atoms. The van der Waals surface area contributed by atoms with Crippen LogP contribution in [0.3, 0.4) is 0 Å². The number of nitrogens with one attached hydrogen (secondary N) is 1. The first kappa shape index (κ1) is 18.8. The minimum Gasteiger partial charge on any atom is -0.337 e. The molecule has 5 rings (SSSR count). The molecule has 6 heteroatoms. The van der Waals surface area contributed by atoms with Crippen LogP contribution in [0.4, 0.5) is 0 Å². The number of hydrogen-bond donors (Lipinski definition) is 1. The van der Waals surface area contributed by atoms with E-state index in [-0.39, 0.29) is 5.56 Å². The Morgan fingerprint density at radius 2 is 1.65 bits per heavy atom. The van der Waals surface area contributed by atoms with Gasteiger partial charge < -0.3 is 4.98 Å². The average Bonchev–Trinajstić information content (AvgIpc) is 3.37.